The molecule has 1 heterocycles. The van der Waals surface area contributed by atoms with Gasteiger partial charge in [-0.05, 0) is 35.1 Å². The van der Waals surface area contributed by atoms with E-state index in [4.69, 9.17) is 0 Å². The third-order valence-corrected chi connectivity index (χ3v) is 1.80. The number of likely N-dealkylation sites (N-methyl/N-ethyl adjacent to an activating group) is 1. The van der Waals surface area contributed by atoms with Gasteiger partial charge in [0.15, 0.2) is 0 Å². The second kappa shape index (κ2) is 6.75. The van der Waals surface area contributed by atoms with Crippen LogP contribution in [0.3, 0.4) is 0 Å². The topological polar surface area (TPSA) is 54.0 Å². The Kier molecular flexibility index (Phi) is 6.44. The van der Waals surface area contributed by atoms with Crippen LogP contribution in [0.4, 0.5) is 5.82 Å². The molecule has 0 aliphatic rings. The van der Waals surface area contributed by atoms with Crippen molar-refractivity contribution < 1.29 is 4.79 Å². The largest absolute Gasteiger partial charge is 0.311 e. The van der Waals surface area contributed by atoms with Crippen molar-refractivity contribution in [1.29, 1.82) is 0 Å². The zero-order chi connectivity index (χ0) is 9.68. The van der Waals surface area contributed by atoms with E-state index < -0.39 is 0 Å². The van der Waals surface area contributed by atoms with Crippen LogP contribution in [0.2, 0.25) is 0 Å². The zero-order valence-corrected chi connectivity index (χ0v) is 9.98. The van der Waals surface area contributed by atoms with E-state index in [0.29, 0.717) is 5.82 Å². The maximum atomic E-state index is 11.1. The van der Waals surface area contributed by atoms with Gasteiger partial charge in [-0.3, -0.25) is 4.79 Å². The average molecular weight is 281 g/mol. The number of rotatable bonds is 3. The lowest BCUT2D eigenvalue weighted by atomic mass is 10.4. The van der Waals surface area contributed by atoms with Crippen LogP contribution >= 0.6 is 28.3 Å². The molecule has 0 aliphatic carbocycles. The van der Waals surface area contributed by atoms with E-state index in [2.05, 4.69) is 31.5 Å². The molecule has 2 N–H and O–H groups in total. The van der Waals surface area contributed by atoms with Gasteiger partial charge < -0.3 is 10.6 Å². The summed E-state index contributed by atoms with van der Waals surface area (Å²) < 4.78 is 0.888. The maximum absolute atomic E-state index is 11.1. The van der Waals surface area contributed by atoms with Gasteiger partial charge in [0, 0.05) is 10.7 Å². The number of halogens is 2. The lowest BCUT2D eigenvalue weighted by Crippen LogP contribution is -2.25. The summed E-state index contributed by atoms with van der Waals surface area (Å²) >= 11 is 3.25. The lowest BCUT2D eigenvalue weighted by Gasteiger charge is -2.02. The highest BCUT2D eigenvalue weighted by atomic mass is 79.9. The van der Waals surface area contributed by atoms with Gasteiger partial charge in [-0.25, -0.2) is 4.98 Å². The summed E-state index contributed by atoms with van der Waals surface area (Å²) in [7, 11) is 1.72. The van der Waals surface area contributed by atoms with Gasteiger partial charge in [-0.2, -0.15) is 0 Å². The molecule has 0 fully saturated rings. The number of anilines is 1. The Morgan fingerprint density at radius 1 is 1.57 bits per heavy atom. The smallest absolute Gasteiger partial charge is 0.239 e. The highest BCUT2D eigenvalue weighted by Crippen LogP contribution is 2.09. The summed E-state index contributed by atoms with van der Waals surface area (Å²) in [6, 6.07) is 3.56. The molecule has 1 aromatic heterocycles. The van der Waals surface area contributed by atoms with Crippen molar-refractivity contribution in [2.45, 2.75) is 0 Å². The summed E-state index contributed by atoms with van der Waals surface area (Å²) in [6.45, 7) is 0.289. The molecular formula is C8H11BrClN3O. The molecule has 78 valence electrons. The van der Waals surface area contributed by atoms with Crippen molar-refractivity contribution in [3.8, 4) is 0 Å². The molecule has 1 rings (SSSR count). The van der Waals surface area contributed by atoms with Crippen molar-refractivity contribution in [2.75, 3.05) is 18.9 Å². The molecule has 0 aromatic carbocycles. The van der Waals surface area contributed by atoms with Gasteiger partial charge in [0.2, 0.25) is 5.91 Å². The van der Waals surface area contributed by atoms with Crippen LogP contribution in [0.15, 0.2) is 22.8 Å². The lowest BCUT2D eigenvalue weighted by molar-refractivity contribution is -0.115. The molecule has 0 radical (unpaired) electrons. The van der Waals surface area contributed by atoms with E-state index in [0.717, 1.165) is 4.47 Å². The first-order valence-corrected chi connectivity index (χ1v) is 4.57. The number of carbonyl (C=O) groups excluding carboxylic acids is 1. The average Bonchev–Trinajstić information content (AvgIpc) is 2.09. The van der Waals surface area contributed by atoms with Crippen LogP contribution in [0.25, 0.3) is 0 Å². The summed E-state index contributed by atoms with van der Waals surface area (Å²) in [4.78, 5) is 15.1. The zero-order valence-electron chi connectivity index (χ0n) is 7.58. The number of hydrogen-bond donors (Lipinski definition) is 2. The fourth-order valence-corrected chi connectivity index (χ4v) is 1.03. The fourth-order valence-electron chi connectivity index (χ4n) is 0.797. The summed E-state index contributed by atoms with van der Waals surface area (Å²) in [5, 5.41) is 5.39. The normalized spacial score (nSPS) is 9.00. The SMILES string of the molecule is CNCC(=O)Nc1ccc(Br)cn1.Cl. The molecule has 0 bridgehead atoms. The predicted octanol–water partition coefficient (Wildman–Crippen LogP) is 1.42. The number of amides is 1. The molecule has 0 saturated heterocycles. The molecule has 14 heavy (non-hydrogen) atoms. The molecule has 0 unspecified atom stereocenters. The highest BCUT2D eigenvalue weighted by Gasteiger charge is 2.00. The Labute approximate surface area is 97.0 Å². The van der Waals surface area contributed by atoms with E-state index in [1.807, 2.05) is 6.07 Å². The Bertz CT molecular complexity index is 291. The quantitative estimate of drug-likeness (QED) is 0.880. The van der Waals surface area contributed by atoms with E-state index in [9.17, 15) is 4.79 Å². The minimum Gasteiger partial charge on any atom is -0.311 e. The molecule has 6 heteroatoms. The number of nitrogens with one attached hydrogen (secondary N) is 2. The van der Waals surface area contributed by atoms with Crippen molar-refractivity contribution >= 4 is 40.1 Å². The molecule has 0 atom stereocenters. The summed E-state index contributed by atoms with van der Waals surface area (Å²) in [6.07, 6.45) is 1.63. The Hall–Kier alpha value is -0.650. The van der Waals surface area contributed by atoms with Crippen molar-refractivity contribution in [1.82, 2.24) is 10.3 Å². The molecule has 1 amide bonds. The van der Waals surface area contributed by atoms with Gasteiger partial charge in [0.25, 0.3) is 0 Å². The first-order valence-electron chi connectivity index (χ1n) is 3.78. The summed E-state index contributed by atoms with van der Waals surface area (Å²) in [5.74, 6) is 0.459. The van der Waals surface area contributed by atoms with Gasteiger partial charge in [0.05, 0.1) is 6.54 Å². The number of hydrogen-bond acceptors (Lipinski definition) is 3. The molecule has 0 aliphatic heterocycles. The van der Waals surface area contributed by atoms with Gasteiger partial charge >= 0.3 is 0 Å². The van der Waals surface area contributed by atoms with E-state index in [-0.39, 0.29) is 24.9 Å². The molecule has 1 aromatic rings. The number of carbonyl (C=O) groups is 1. The Morgan fingerprint density at radius 3 is 2.79 bits per heavy atom. The first kappa shape index (κ1) is 13.4. The summed E-state index contributed by atoms with van der Waals surface area (Å²) in [5.41, 5.74) is 0. The fraction of sp³-hybridized carbons (Fsp3) is 0.250. The van der Waals surface area contributed by atoms with Crippen molar-refractivity contribution in [3.63, 3.8) is 0 Å². The van der Waals surface area contributed by atoms with E-state index >= 15 is 0 Å². The van der Waals surface area contributed by atoms with Gasteiger partial charge in [-0.15, -0.1) is 12.4 Å². The maximum Gasteiger partial charge on any atom is 0.239 e. The van der Waals surface area contributed by atoms with Crippen molar-refractivity contribution in [3.05, 3.63) is 22.8 Å². The minimum absolute atomic E-state index is 0. The Balaban J connectivity index is 0.00000169. The van der Waals surface area contributed by atoms with Crippen LogP contribution in [-0.2, 0) is 4.79 Å². The third kappa shape index (κ3) is 4.55. The second-order valence-electron chi connectivity index (χ2n) is 2.44. The van der Waals surface area contributed by atoms with Crippen molar-refractivity contribution in [2.24, 2.45) is 0 Å². The van der Waals surface area contributed by atoms with Crippen LogP contribution in [-0.4, -0.2) is 24.5 Å². The first-order chi connectivity index (χ1) is 6.22. The van der Waals surface area contributed by atoms with Crippen LogP contribution in [0, 0.1) is 0 Å². The van der Waals surface area contributed by atoms with Gasteiger partial charge in [0.1, 0.15) is 5.82 Å². The molecule has 0 spiro atoms. The minimum atomic E-state index is -0.0997. The number of nitrogens with zero attached hydrogens (tertiary/aromatic N) is 1. The molecule has 0 saturated carbocycles. The standard InChI is InChI=1S/C8H10BrN3O.ClH/c1-10-5-8(13)12-7-3-2-6(9)4-11-7;/h2-4,10H,5H2,1H3,(H,11,12,13);1H. The monoisotopic (exact) mass is 279 g/mol. The number of aromatic nitrogens is 1. The van der Waals surface area contributed by atoms with Crippen LogP contribution < -0.4 is 10.6 Å². The van der Waals surface area contributed by atoms with Gasteiger partial charge in [-0.1, -0.05) is 0 Å². The van der Waals surface area contributed by atoms with Crippen LogP contribution in [0.5, 0.6) is 0 Å². The predicted molar refractivity (Wildman–Crippen MR) is 61.7 cm³/mol. The van der Waals surface area contributed by atoms with E-state index in [1.54, 1.807) is 19.3 Å². The van der Waals surface area contributed by atoms with Crippen LogP contribution in [0.1, 0.15) is 0 Å². The van der Waals surface area contributed by atoms with E-state index in [1.165, 1.54) is 0 Å². The molecular weight excluding hydrogens is 269 g/mol. The second-order valence-corrected chi connectivity index (χ2v) is 3.36. The Morgan fingerprint density at radius 2 is 2.29 bits per heavy atom. The third-order valence-electron chi connectivity index (χ3n) is 1.33. The number of pyridine rings is 1. The highest BCUT2D eigenvalue weighted by molar-refractivity contribution is 9.10. The molecule has 4 nitrogen and oxygen atoms in total.